The quantitative estimate of drug-likeness (QED) is 0.356. The van der Waals surface area contributed by atoms with Crippen LogP contribution in [0.3, 0.4) is 0 Å². The van der Waals surface area contributed by atoms with Crippen LogP contribution in [-0.4, -0.2) is 13.2 Å². The third kappa shape index (κ3) is 6.34. The molecule has 2 saturated carbocycles. The molecule has 2 aliphatic carbocycles. The van der Waals surface area contributed by atoms with Crippen molar-refractivity contribution >= 4 is 0 Å². The fraction of sp³-hybridized carbons (Fsp3) is 0.769. The smallest absolute Gasteiger partial charge is 0.204 e. The Bertz CT molecular complexity index is 632. The summed E-state index contributed by atoms with van der Waals surface area (Å²) in [6.45, 7) is 4.79. The average Bonchev–Trinajstić information content (AvgIpc) is 2.77. The van der Waals surface area contributed by atoms with E-state index >= 15 is 0 Å². The van der Waals surface area contributed by atoms with Crippen molar-refractivity contribution in [3.63, 3.8) is 0 Å². The van der Waals surface area contributed by atoms with Gasteiger partial charge < -0.3 is 9.47 Å². The van der Waals surface area contributed by atoms with Crippen LogP contribution in [0.25, 0.3) is 0 Å². The molecule has 0 heterocycles. The summed E-state index contributed by atoms with van der Waals surface area (Å²) in [5, 5.41) is 0. The minimum atomic E-state index is -0.962. The molecule has 0 aliphatic heterocycles. The molecule has 2 aliphatic rings. The Hall–Kier alpha value is -1.32. The van der Waals surface area contributed by atoms with Crippen LogP contribution < -0.4 is 9.47 Å². The summed E-state index contributed by atoms with van der Waals surface area (Å²) in [5.74, 6) is 1.70. The van der Waals surface area contributed by atoms with Gasteiger partial charge in [0.25, 0.3) is 0 Å². The van der Waals surface area contributed by atoms with Crippen molar-refractivity contribution in [2.24, 2.45) is 23.7 Å². The molecule has 0 saturated heterocycles. The minimum Gasteiger partial charge on any atom is -0.491 e. The first-order valence-electron chi connectivity index (χ1n) is 12.4. The predicted octanol–water partition coefficient (Wildman–Crippen LogP) is 7.94. The van der Waals surface area contributed by atoms with Crippen molar-refractivity contribution in [3.05, 3.63) is 23.8 Å². The Balaban J connectivity index is 1.32. The van der Waals surface area contributed by atoms with E-state index in [1.807, 2.05) is 0 Å². The monoisotopic (exact) mass is 422 g/mol. The van der Waals surface area contributed by atoms with Gasteiger partial charge in [-0.1, -0.05) is 45.4 Å². The maximum atomic E-state index is 14.1. The molecule has 3 rings (SSSR count). The second-order valence-corrected chi connectivity index (χ2v) is 9.46. The van der Waals surface area contributed by atoms with Gasteiger partial charge in [-0.2, -0.15) is 8.78 Å². The molecule has 2 fully saturated rings. The molecule has 2 nitrogen and oxygen atoms in total. The molecule has 30 heavy (non-hydrogen) atoms. The number of hydrogen-bond donors (Lipinski definition) is 0. The molecule has 0 radical (unpaired) electrons. The van der Waals surface area contributed by atoms with E-state index in [0.29, 0.717) is 13.2 Å². The van der Waals surface area contributed by atoms with Crippen LogP contribution in [0.2, 0.25) is 0 Å². The molecule has 170 valence electrons. The lowest BCUT2D eigenvalue weighted by Gasteiger charge is -2.38. The Morgan fingerprint density at radius 2 is 1.23 bits per heavy atom. The molecule has 0 bridgehead atoms. The number of rotatable bonds is 10. The number of benzene rings is 1. The van der Waals surface area contributed by atoms with Gasteiger partial charge >= 0.3 is 0 Å². The SMILES string of the molecule is CCC[C@H]1CC[C@H](C2CCC(CCCOc3ccc(OCC)c(F)c3F)CC2)CC1. The molecule has 1 aromatic rings. The first-order valence-corrected chi connectivity index (χ1v) is 12.4. The van der Waals surface area contributed by atoms with Gasteiger partial charge in [-0.15, -0.1) is 0 Å². The summed E-state index contributed by atoms with van der Waals surface area (Å²) in [4.78, 5) is 0. The van der Waals surface area contributed by atoms with Gasteiger partial charge in [0.1, 0.15) is 0 Å². The van der Waals surface area contributed by atoms with E-state index in [4.69, 9.17) is 9.47 Å². The summed E-state index contributed by atoms with van der Waals surface area (Å²) in [6.07, 6.45) is 16.0. The van der Waals surface area contributed by atoms with E-state index in [0.717, 1.165) is 36.5 Å². The second kappa shape index (κ2) is 11.9. The van der Waals surface area contributed by atoms with Gasteiger partial charge in [-0.05, 0) is 81.3 Å². The Labute approximate surface area is 181 Å². The number of halogens is 2. The first kappa shape index (κ1) is 23.3. The molecule has 0 aromatic heterocycles. The zero-order chi connectivity index (χ0) is 21.3. The van der Waals surface area contributed by atoms with Crippen LogP contribution in [0.1, 0.15) is 90.9 Å². The topological polar surface area (TPSA) is 18.5 Å². The van der Waals surface area contributed by atoms with Gasteiger partial charge in [-0.25, -0.2) is 0 Å². The van der Waals surface area contributed by atoms with E-state index in [1.165, 1.54) is 76.3 Å². The van der Waals surface area contributed by atoms with Crippen LogP contribution in [0.5, 0.6) is 11.5 Å². The highest BCUT2D eigenvalue weighted by atomic mass is 19.2. The Kier molecular flexibility index (Phi) is 9.27. The molecular formula is C26H40F2O2. The van der Waals surface area contributed by atoms with E-state index in [-0.39, 0.29) is 11.5 Å². The molecule has 4 heteroatoms. The number of ether oxygens (including phenoxy) is 2. The first-order chi connectivity index (χ1) is 14.6. The van der Waals surface area contributed by atoms with E-state index in [1.54, 1.807) is 6.92 Å². The molecular weight excluding hydrogens is 382 g/mol. The van der Waals surface area contributed by atoms with Crippen LogP contribution in [0.15, 0.2) is 12.1 Å². The van der Waals surface area contributed by atoms with Gasteiger partial charge in [0, 0.05) is 0 Å². The maximum absolute atomic E-state index is 14.1. The summed E-state index contributed by atoms with van der Waals surface area (Å²) in [6, 6.07) is 2.90. The Morgan fingerprint density at radius 3 is 1.73 bits per heavy atom. The molecule has 0 amide bonds. The predicted molar refractivity (Wildman–Crippen MR) is 118 cm³/mol. The summed E-state index contributed by atoms with van der Waals surface area (Å²) in [5.41, 5.74) is 0. The summed E-state index contributed by atoms with van der Waals surface area (Å²) >= 11 is 0. The molecule has 0 atom stereocenters. The fourth-order valence-electron chi connectivity index (χ4n) is 5.75. The van der Waals surface area contributed by atoms with Gasteiger partial charge in [0.15, 0.2) is 11.5 Å². The maximum Gasteiger partial charge on any atom is 0.204 e. The van der Waals surface area contributed by atoms with Crippen molar-refractivity contribution in [1.29, 1.82) is 0 Å². The molecule has 0 unspecified atom stereocenters. The normalized spacial score (nSPS) is 27.1. The second-order valence-electron chi connectivity index (χ2n) is 9.46. The lowest BCUT2D eigenvalue weighted by molar-refractivity contribution is 0.138. The zero-order valence-electron chi connectivity index (χ0n) is 18.9. The lowest BCUT2D eigenvalue weighted by Crippen LogP contribution is -2.26. The van der Waals surface area contributed by atoms with Gasteiger partial charge in [0.05, 0.1) is 13.2 Å². The highest BCUT2D eigenvalue weighted by molar-refractivity contribution is 5.35. The van der Waals surface area contributed by atoms with Crippen molar-refractivity contribution in [3.8, 4) is 11.5 Å². The van der Waals surface area contributed by atoms with Crippen LogP contribution in [0, 0.1) is 35.3 Å². The highest BCUT2D eigenvalue weighted by Gasteiger charge is 2.30. The van der Waals surface area contributed by atoms with Gasteiger partial charge in [0.2, 0.25) is 11.6 Å². The van der Waals surface area contributed by atoms with Crippen LogP contribution >= 0.6 is 0 Å². The van der Waals surface area contributed by atoms with Gasteiger partial charge in [-0.3, -0.25) is 0 Å². The van der Waals surface area contributed by atoms with Crippen molar-refractivity contribution in [2.75, 3.05) is 13.2 Å². The minimum absolute atomic E-state index is 0.0154. The molecule has 0 spiro atoms. The standard InChI is InChI=1S/C26H40F2O2/c1-3-6-19-8-12-21(13-9-19)22-14-10-20(11-15-22)7-5-18-30-24-17-16-23(29-4-2)25(27)26(24)28/h16-17,19-22H,3-15,18H2,1-2H3/t19-,20?,21-,22?. The zero-order valence-corrected chi connectivity index (χ0v) is 18.9. The van der Waals surface area contributed by atoms with Crippen LogP contribution in [-0.2, 0) is 0 Å². The van der Waals surface area contributed by atoms with E-state index in [2.05, 4.69) is 6.92 Å². The average molecular weight is 423 g/mol. The van der Waals surface area contributed by atoms with Crippen molar-refractivity contribution in [1.82, 2.24) is 0 Å². The third-order valence-electron chi connectivity index (χ3n) is 7.47. The van der Waals surface area contributed by atoms with Crippen molar-refractivity contribution in [2.45, 2.75) is 90.9 Å². The van der Waals surface area contributed by atoms with Crippen LogP contribution in [0.4, 0.5) is 8.78 Å². The molecule has 0 N–H and O–H groups in total. The van der Waals surface area contributed by atoms with E-state index in [9.17, 15) is 8.78 Å². The largest absolute Gasteiger partial charge is 0.491 e. The third-order valence-corrected chi connectivity index (χ3v) is 7.47. The number of hydrogen-bond acceptors (Lipinski definition) is 2. The fourth-order valence-corrected chi connectivity index (χ4v) is 5.75. The highest BCUT2D eigenvalue weighted by Crippen LogP contribution is 2.43. The summed E-state index contributed by atoms with van der Waals surface area (Å²) < 4.78 is 38.6. The van der Waals surface area contributed by atoms with Crippen molar-refractivity contribution < 1.29 is 18.3 Å². The molecule has 1 aromatic carbocycles. The van der Waals surface area contributed by atoms with E-state index < -0.39 is 11.6 Å². The summed E-state index contributed by atoms with van der Waals surface area (Å²) in [7, 11) is 0. The lowest BCUT2D eigenvalue weighted by atomic mass is 9.68. The Morgan fingerprint density at radius 1 is 0.733 bits per heavy atom.